The Morgan fingerprint density at radius 1 is 1.08 bits per heavy atom. The molecule has 4 heterocycles. The lowest BCUT2D eigenvalue weighted by Crippen LogP contribution is -2.23. The maximum absolute atomic E-state index is 12.6. The molecule has 6 rings (SSSR count). The monoisotopic (exact) mass is 520 g/mol. The summed E-state index contributed by atoms with van der Waals surface area (Å²) < 4.78 is 7.83. The molecule has 5 aromatic rings. The summed E-state index contributed by atoms with van der Waals surface area (Å²) in [6.07, 6.45) is 12.6. The van der Waals surface area contributed by atoms with Crippen LogP contribution >= 0.6 is 0 Å². The molecule has 2 N–H and O–H groups in total. The quantitative estimate of drug-likeness (QED) is 0.285. The number of fused-ring (bicyclic) bond motifs is 2. The third-order valence-corrected chi connectivity index (χ3v) is 6.86. The molecule has 1 aliphatic heterocycles. The van der Waals surface area contributed by atoms with E-state index in [4.69, 9.17) is 4.74 Å². The van der Waals surface area contributed by atoms with Gasteiger partial charge < -0.3 is 15.4 Å². The maximum Gasteiger partial charge on any atom is 0.248 e. The van der Waals surface area contributed by atoms with Crippen molar-refractivity contribution in [2.75, 3.05) is 24.2 Å². The molecule has 1 fully saturated rings. The molecule has 196 valence electrons. The van der Waals surface area contributed by atoms with Gasteiger partial charge in [-0.1, -0.05) is 6.08 Å². The van der Waals surface area contributed by atoms with Gasteiger partial charge in [0.15, 0.2) is 0 Å². The van der Waals surface area contributed by atoms with E-state index in [1.165, 1.54) is 6.33 Å². The average Bonchev–Trinajstić information content (AvgIpc) is 3.57. The predicted molar refractivity (Wildman–Crippen MR) is 150 cm³/mol. The van der Waals surface area contributed by atoms with E-state index in [2.05, 4.69) is 42.5 Å². The maximum atomic E-state index is 12.6. The highest BCUT2D eigenvalue weighted by atomic mass is 16.5. The summed E-state index contributed by atoms with van der Waals surface area (Å²) in [5, 5.41) is 7.13. The average molecular weight is 521 g/mol. The summed E-state index contributed by atoms with van der Waals surface area (Å²) in [5.41, 5.74) is 3.98. The van der Waals surface area contributed by atoms with Crippen LogP contribution in [0.15, 0.2) is 79.7 Å². The van der Waals surface area contributed by atoms with Gasteiger partial charge in [-0.05, 0) is 75.3 Å². The third kappa shape index (κ3) is 5.41. The number of nitrogens with one attached hydrogen (secondary N) is 2. The molecule has 0 aliphatic carbocycles. The lowest BCUT2D eigenvalue weighted by Gasteiger charge is -2.14. The lowest BCUT2D eigenvalue weighted by molar-refractivity contribution is -0.111. The highest BCUT2D eigenvalue weighted by Crippen LogP contribution is 2.30. The van der Waals surface area contributed by atoms with Gasteiger partial charge in [-0.2, -0.15) is 0 Å². The van der Waals surface area contributed by atoms with Gasteiger partial charge >= 0.3 is 0 Å². The van der Waals surface area contributed by atoms with Gasteiger partial charge in [0.05, 0.1) is 5.52 Å². The van der Waals surface area contributed by atoms with E-state index < -0.39 is 0 Å². The fourth-order valence-electron chi connectivity index (χ4n) is 4.74. The van der Waals surface area contributed by atoms with Crippen LogP contribution in [0.25, 0.3) is 16.6 Å². The zero-order chi connectivity index (χ0) is 26.8. The number of carbonyl (C=O) groups is 1. The Morgan fingerprint density at radius 2 is 1.97 bits per heavy atom. The van der Waals surface area contributed by atoms with Crippen molar-refractivity contribution in [1.29, 1.82) is 0 Å². The molecular formula is C29H28N8O2. The van der Waals surface area contributed by atoms with Crippen LogP contribution in [0.3, 0.4) is 0 Å². The van der Waals surface area contributed by atoms with E-state index in [1.807, 2.05) is 60.0 Å². The molecule has 0 spiro atoms. The summed E-state index contributed by atoms with van der Waals surface area (Å²) in [4.78, 5) is 32.3. The van der Waals surface area contributed by atoms with E-state index in [9.17, 15) is 4.79 Å². The molecule has 10 nitrogen and oxygen atoms in total. The second kappa shape index (κ2) is 10.5. The van der Waals surface area contributed by atoms with Crippen LogP contribution in [0.1, 0.15) is 18.4 Å². The van der Waals surface area contributed by atoms with Crippen molar-refractivity contribution in [2.45, 2.75) is 25.8 Å². The van der Waals surface area contributed by atoms with Crippen molar-refractivity contribution in [3.63, 3.8) is 0 Å². The van der Waals surface area contributed by atoms with Gasteiger partial charge in [-0.15, -0.1) is 0 Å². The number of carbonyl (C=O) groups excluding carboxylic acids is 1. The number of aromatic nitrogens is 5. The van der Waals surface area contributed by atoms with Gasteiger partial charge in [0.25, 0.3) is 0 Å². The standard InChI is InChI=1S/C29H28N8O2/c1-19-14-20(6-9-25(19)39-28-16-26-30-11-13-37(26)18-33-28)35-29-23-15-21(5-8-24(23)31-17-32-29)34-27(38)10-7-22-4-3-12-36(22)2/h5-11,13-18,22H,3-4,12H2,1-2H3,(H,34,38)(H,31,32,35)/b10-7+. The first-order chi connectivity index (χ1) is 19.0. The number of nitrogens with zero attached hydrogens (tertiary/aromatic N) is 6. The minimum atomic E-state index is -0.159. The van der Waals surface area contributed by atoms with Gasteiger partial charge in [0.1, 0.15) is 29.9 Å². The van der Waals surface area contributed by atoms with Crippen molar-refractivity contribution in [1.82, 2.24) is 29.2 Å². The van der Waals surface area contributed by atoms with Crippen LogP contribution in [0, 0.1) is 6.92 Å². The second-order valence-corrected chi connectivity index (χ2v) is 9.62. The van der Waals surface area contributed by atoms with Gasteiger partial charge in [0, 0.05) is 47.3 Å². The third-order valence-electron chi connectivity index (χ3n) is 6.86. The number of benzene rings is 2. The second-order valence-electron chi connectivity index (χ2n) is 9.62. The Balaban J connectivity index is 1.18. The molecule has 0 bridgehead atoms. The van der Waals surface area contributed by atoms with Crippen LogP contribution in [-0.2, 0) is 4.79 Å². The van der Waals surface area contributed by atoms with Crippen LogP contribution in [-0.4, -0.2) is 54.8 Å². The van der Waals surface area contributed by atoms with Crippen LogP contribution in [0.2, 0.25) is 0 Å². The fourth-order valence-corrected chi connectivity index (χ4v) is 4.74. The molecule has 1 saturated heterocycles. The SMILES string of the molecule is Cc1cc(Nc2ncnc3ccc(NC(=O)/C=C/C4CCCN4C)cc23)ccc1Oc1cc2nccn2cn1. The minimum Gasteiger partial charge on any atom is -0.439 e. The molecule has 2 aromatic carbocycles. The topological polar surface area (TPSA) is 110 Å². The van der Waals surface area contributed by atoms with Gasteiger partial charge in [-0.3, -0.25) is 14.1 Å². The Labute approximate surface area is 225 Å². The van der Waals surface area contributed by atoms with Crippen LogP contribution in [0.4, 0.5) is 17.2 Å². The Kier molecular flexibility index (Phi) is 6.60. The molecule has 0 saturated carbocycles. The number of likely N-dealkylation sites (tertiary alicyclic amines) is 1. The smallest absolute Gasteiger partial charge is 0.248 e. The molecule has 39 heavy (non-hydrogen) atoms. The zero-order valence-electron chi connectivity index (χ0n) is 21.7. The zero-order valence-corrected chi connectivity index (χ0v) is 21.7. The molecule has 10 heteroatoms. The van der Waals surface area contributed by atoms with E-state index in [0.29, 0.717) is 29.2 Å². The number of amides is 1. The Hall–Kier alpha value is -4.83. The number of hydrogen-bond acceptors (Lipinski definition) is 8. The molecule has 0 radical (unpaired) electrons. The van der Waals surface area contributed by atoms with Crippen LogP contribution in [0.5, 0.6) is 11.6 Å². The minimum absolute atomic E-state index is 0.159. The number of imidazole rings is 1. The van der Waals surface area contributed by atoms with Crippen molar-refractivity contribution in [3.05, 3.63) is 85.2 Å². The van der Waals surface area contributed by atoms with Crippen molar-refractivity contribution < 1.29 is 9.53 Å². The summed E-state index contributed by atoms with van der Waals surface area (Å²) in [7, 11) is 2.08. The number of rotatable bonds is 7. The van der Waals surface area contributed by atoms with Crippen molar-refractivity contribution >= 4 is 39.6 Å². The Morgan fingerprint density at radius 3 is 2.82 bits per heavy atom. The molecule has 1 atom stereocenters. The lowest BCUT2D eigenvalue weighted by atomic mass is 10.1. The first-order valence-electron chi connectivity index (χ1n) is 12.8. The fraction of sp³-hybridized carbons (Fsp3) is 0.207. The summed E-state index contributed by atoms with van der Waals surface area (Å²) >= 11 is 0. The van der Waals surface area contributed by atoms with E-state index in [1.54, 1.807) is 24.7 Å². The predicted octanol–water partition coefficient (Wildman–Crippen LogP) is 5.11. The molecule has 1 aliphatic rings. The number of aryl methyl sites for hydroxylation is 1. The van der Waals surface area contributed by atoms with Crippen LogP contribution < -0.4 is 15.4 Å². The summed E-state index contributed by atoms with van der Waals surface area (Å²) in [6, 6.07) is 13.5. The van der Waals surface area contributed by atoms with Crippen molar-refractivity contribution in [2.24, 2.45) is 0 Å². The van der Waals surface area contributed by atoms with E-state index in [0.717, 1.165) is 47.2 Å². The Bertz CT molecular complexity index is 1700. The van der Waals surface area contributed by atoms with E-state index >= 15 is 0 Å². The summed E-state index contributed by atoms with van der Waals surface area (Å²) in [6.45, 7) is 3.03. The number of hydrogen-bond donors (Lipinski definition) is 2. The first kappa shape index (κ1) is 24.5. The largest absolute Gasteiger partial charge is 0.439 e. The van der Waals surface area contributed by atoms with Crippen molar-refractivity contribution in [3.8, 4) is 11.6 Å². The highest BCUT2D eigenvalue weighted by molar-refractivity contribution is 6.02. The molecule has 1 unspecified atom stereocenters. The number of anilines is 3. The summed E-state index contributed by atoms with van der Waals surface area (Å²) in [5.74, 6) is 1.64. The van der Waals surface area contributed by atoms with Gasteiger partial charge in [0.2, 0.25) is 11.8 Å². The normalized spacial score (nSPS) is 15.8. The van der Waals surface area contributed by atoms with E-state index in [-0.39, 0.29) is 5.91 Å². The molecule has 1 amide bonds. The van der Waals surface area contributed by atoms with Gasteiger partial charge in [-0.25, -0.2) is 19.9 Å². The molecular weight excluding hydrogens is 492 g/mol. The number of likely N-dealkylation sites (N-methyl/N-ethyl adjacent to an activating group) is 1. The molecule has 3 aromatic heterocycles. The first-order valence-corrected chi connectivity index (χ1v) is 12.8. The highest BCUT2D eigenvalue weighted by Gasteiger charge is 2.18. The number of ether oxygens (including phenoxy) is 1.